The van der Waals surface area contributed by atoms with Crippen LogP contribution >= 0.6 is 15.9 Å². The monoisotopic (exact) mass is 344 g/mol. The van der Waals surface area contributed by atoms with E-state index < -0.39 is 23.6 Å². The molecular weight excluding hydrogens is 333 g/mol. The lowest BCUT2D eigenvalue weighted by atomic mass is 10.0. The molecule has 1 atom stereocenters. The van der Waals surface area contributed by atoms with Gasteiger partial charge in [-0.1, -0.05) is 12.1 Å². The van der Waals surface area contributed by atoms with Gasteiger partial charge < -0.3 is 5.11 Å². The van der Waals surface area contributed by atoms with Crippen LogP contribution in [0.4, 0.5) is 13.2 Å². The first-order chi connectivity index (χ1) is 9.47. The molecule has 106 valence electrons. The van der Waals surface area contributed by atoms with Crippen molar-refractivity contribution in [3.63, 3.8) is 0 Å². The Balaban J connectivity index is 2.12. The molecule has 0 radical (unpaired) electrons. The molecule has 5 heteroatoms. The van der Waals surface area contributed by atoms with Crippen molar-refractivity contribution in [2.75, 3.05) is 0 Å². The number of hydrogen-bond donors (Lipinski definition) is 1. The van der Waals surface area contributed by atoms with Gasteiger partial charge in [-0.3, -0.25) is 0 Å². The fourth-order valence-electron chi connectivity index (χ4n) is 2.00. The minimum absolute atomic E-state index is 0.128. The quantitative estimate of drug-likeness (QED) is 0.831. The number of halogens is 4. The molecule has 1 unspecified atom stereocenters. The number of hydrogen-bond acceptors (Lipinski definition) is 1. The van der Waals surface area contributed by atoms with Crippen LogP contribution in [0.25, 0.3) is 0 Å². The Labute approximate surface area is 123 Å². The molecule has 0 saturated heterocycles. The van der Waals surface area contributed by atoms with Crippen molar-refractivity contribution in [1.29, 1.82) is 0 Å². The zero-order valence-electron chi connectivity index (χ0n) is 10.4. The Bertz CT molecular complexity index is 616. The highest BCUT2D eigenvalue weighted by molar-refractivity contribution is 9.10. The van der Waals surface area contributed by atoms with Crippen molar-refractivity contribution in [3.05, 3.63) is 69.4 Å². The van der Waals surface area contributed by atoms with Crippen LogP contribution in [0.2, 0.25) is 0 Å². The molecule has 0 aliphatic rings. The topological polar surface area (TPSA) is 20.2 Å². The molecule has 2 aromatic carbocycles. The van der Waals surface area contributed by atoms with Gasteiger partial charge in [0.1, 0.15) is 17.5 Å². The Hall–Kier alpha value is -1.33. The fourth-order valence-corrected chi connectivity index (χ4v) is 2.37. The number of benzene rings is 2. The largest absolute Gasteiger partial charge is 0.392 e. The molecule has 0 aromatic heterocycles. The van der Waals surface area contributed by atoms with Crippen molar-refractivity contribution in [3.8, 4) is 0 Å². The minimum Gasteiger partial charge on any atom is -0.392 e. The van der Waals surface area contributed by atoms with Gasteiger partial charge in [0.25, 0.3) is 0 Å². The second kappa shape index (κ2) is 6.41. The van der Waals surface area contributed by atoms with Crippen LogP contribution in [0, 0.1) is 17.5 Å². The lowest BCUT2D eigenvalue weighted by Gasteiger charge is -2.13. The standard InChI is InChI=1S/C15H12BrF3O/c16-13-4-5-14(18)12(15(13)19)8-11(20)7-9-2-1-3-10(17)6-9/h1-6,11,20H,7-8H2. The van der Waals surface area contributed by atoms with Gasteiger partial charge in [0.2, 0.25) is 0 Å². The predicted molar refractivity (Wildman–Crippen MR) is 73.9 cm³/mol. The Morgan fingerprint density at radius 2 is 1.80 bits per heavy atom. The van der Waals surface area contributed by atoms with E-state index in [0.29, 0.717) is 5.56 Å². The molecular formula is C15H12BrF3O. The van der Waals surface area contributed by atoms with E-state index in [1.54, 1.807) is 6.07 Å². The predicted octanol–water partition coefficient (Wildman–Crippen LogP) is 4.01. The van der Waals surface area contributed by atoms with Gasteiger partial charge >= 0.3 is 0 Å². The minimum atomic E-state index is -0.991. The van der Waals surface area contributed by atoms with Crippen LogP contribution in [0.3, 0.4) is 0 Å². The summed E-state index contributed by atoms with van der Waals surface area (Å²) in [7, 11) is 0. The van der Waals surface area contributed by atoms with Crippen molar-refractivity contribution in [1.82, 2.24) is 0 Å². The summed E-state index contributed by atoms with van der Waals surface area (Å²) in [5.41, 5.74) is 0.400. The molecule has 2 rings (SSSR count). The van der Waals surface area contributed by atoms with Gasteiger partial charge in [-0.2, -0.15) is 0 Å². The summed E-state index contributed by atoms with van der Waals surface area (Å²) in [6.07, 6.45) is -1.04. The smallest absolute Gasteiger partial charge is 0.143 e. The normalized spacial score (nSPS) is 12.4. The van der Waals surface area contributed by atoms with Gasteiger partial charge in [-0.05, 0) is 52.2 Å². The van der Waals surface area contributed by atoms with E-state index in [1.807, 2.05) is 0 Å². The van der Waals surface area contributed by atoms with Crippen LogP contribution in [0.5, 0.6) is 0 Å². The number of aliphatic hydroxyl groups is 1. The SMILES string of the molecule is OC(Cc1cccc(F)c1)Cc1c(F)ccc(Br)c1F. The van der Waals surface area contributed by atoms with Crippen molar-refractivity contribution < 1.29 is 18.3 Å². The zero-order valence-corrected chi connectivity index (χ0v) is 12.0. The van der Waals surface area contributed by atoms with Gasteiger partial charge in [0.05, 0.1) is 10.6 Å². The zero-order chi connectivity index (χ0) is 14.7. The first kappa shape index (κ1) is 15.1. The Morgan fingerprint density at radius 1 is 1.05 bits per heavy atom. The second-order valence-corrected chi connectivity index (χ2v) is 5.37. The fraction of sp³-hybridized carbons (Fsp3) is 0.200. The molecule has 20 heavy (non-hydrogen) atoms. The first-order valence-corrected chi connectivity index (χ1v) is 6.81. The first-order valence-electron chi connectivity index (χ1n) is 6.02. The van der Waals surface area contributed by atoms with Crippen molar-refractivity contribution >= 4 is 15.9 Å². The summed E-state index contributed by atoms with van der Waals surface area (Å²) in [5, 5.41) is 9.92. The highest BCUT2D eigenvalue weighted by Crippen LogP contribution is 2.23. The van der Waals surface area contributed by atoms with Gasteiger partial charge in [-0.15, -0.1) is 0 Å². The van der Waals surface area contributed by atoms with Gasteiger partial charge in [-0.25, -0.2) is 13.2 Å². The third-order valence-corrected chi connectivity index (χ3v) is 3.55. The van der Waals surface area contributed by atoms with Crippen molar-refractivity contribution in [2.45, 2.75) is 18.9 Å². The average Bonchev–Trinajstić information content (AvgIpc) is 2.39. The van der Waals surface area contributed by atoms with E-state index in [2.05, 4.69) is 15.9 Å². The molecule has 0 bridgehead atoms. The molecule has 1 N–H and O–H groups in total. The molecule has 0 fully saturated rings. The van der Waals surface area contributed by atoms with E-state index >= 15 is 0 Å². The summed E-state index contributed by atoms with van der Waals surface area (Å²) >= 11 is 2.97. The number of aliphatic hydroxyl groups excluding tert-OH is 1. The van der Waals surface area contributed by atoms with Gasteiger partial charge in [0.15, 0.2) is 0 Å². The molecule has 0 heterocycles. The summed E-state index contributed by atoms with van der Waals surface area (Å²) in [6.45, 7) is 0. The molecule has 1 nitrogen and oxygen atoms in total. The third-order valence-electron chi connectivity index (χ3n) is 2.94. The van der Waals surface area contributed by atoms with Crippen LogP contribution < -0.4 is 0 Å². The van der Waals surface area contributed by atoms with Crippen LogP contribution in [-0.2, 0) is 12.8 Å². The third kappa shape index (κ3) is 3.61. The molecule has 0 spiro atoms. The number of rotatable bonds is 4. The molecule has 0 aliphatic heterocycles. The molecule has 2 aromatic rings. The lowest BCUT2D eigenvalue weighted by molar-refractivity contribution is 0.172. The Morgan fingerprint density at radius 3 is 2.50 bits per heavy atom. The average molecular weight is 345 g/mol. The van der Waals surface area contributed by atoms with Crippen LogP contribution in [-0.4, -0.2) is 11.2 Å². The van der Waals surface area contributed by atoms with E-state index in [-0.39, 0.29) is 22.9 Å². The second-order valence-electron chi connectivity index (χ2n) is 4.51. The summed E-state index contributed by atoms with van der Waals surface area (Å²) in [4.78, 5) is 0. The highest BCUT2D eigenvalue weighted by atomic mass is 79.9. The Kier molecular flexibility index (Phi) is 4.83. The lowest BCUT2D eigenvalue weighted by Crippen LogP contribution is -2.16. The summed E-state index contributed by atoms with van der Waals surface area (Å²) < 4.78 is 40.5. The summed E-state index contributed by atoms with van der Waals surface area (Å²) in [6, 6.07) is 8.17. The van der Waals surface area contributed by atoms with Crippen LogP contribution in [0.1, 0.15) is 11.1 Å². The van der Waals surface area contributed by atoms with Crippen molar-refractivity contribution in [2.24, 2.45) is 0 Å². The maximum absolute atomic E-state index is 13.8. The maximum Gasteiger partial charge on any atom is 0.143 e. The maximum atomic E-state index is 13.8. The highest BCUT2D eigenvalue weighted by Gasteiger charge is 2.16. The van der Waals surface area contributed by atoms with E-state index in [1.165, 1.54) is 24.3 Å². The van der Waals surface area contributed by atoms with E-state index in [4.69, 9.17) is 0 Å². The molecule has 0 saturated carbocycles. The molecule has 0 aliphatic carbocycles. The van der Waals surface area contributed by atoms with Crippen LogP contribution in [0.15, 0.2) is 40.9 Å². The van der Waals surface area contributed by atoms with Gasteiger partial charge in [0, 0.05) is 12.0 Å². The van der Waals surface area contributed by atoms with E-state index in [9.17, 15) is 18.3 Å². The summed E-state index contributed by atoms with van der Waals surface area (Å²) in [5.74, 6) is -1.83. The molecule has 0 amide bonds. The van der Waals surface area contributed by atoms with E-state index in [0.717, 1.165) is 6.07 Å².